The van der Waals surface area contributed by atoms with Gasteiger partial charge in [0, 0.05) is 26.1 Å². The zero-order chi connectivity index (χ0) is 20.8. The second kappa shape index (κ2) is 11.2. The van der Waals surface area contributed by atoms with Crippen molar-refractivity contribution in [1.29, 1.82) is 0 Å². The monoisotopic (exact) mass is 536 g/mol. The van der Waals surface area contributed by atoms with Crippen molar-refractivity contribution >= 4 is 41.5 Å². The van der Waals surface area contributed by atoms with Crippen molar-refractivity contribution in [2.45, 2.75) is 25.9 Å². The number of nitrogens with zero attached hydrogens (tertiary/aromatic N) is 2. The van der Waals surface area contributed by atoms with Crippen LogP contribution >= 0.6 is 24.0 Å². The molecule has 0 bridgehead atoms. The Kier molecular flexibility index (Phi) is 8.39. The van der Waals surface area contributed by atoms with Crippen molar-refractivity contribution in [1.82, 2.24) is 10.6 Å². The maximum Gasteiger partial charge on any atom is 0.265 e. The van der Waals surface area contributed by atoms with E-state index in [9.17, 15) is 4.79 Å². The van der Waals surface area contributed by atoms with Crippen molar-refractivity contribution in [3.05, 3.63) is 54.1 Å². The molecule has 0 fully saturated rings. The first-order chi connectivity index (χ1) is 14.7. The van der Waals surface area contributed by atoms with E-state index in [2.05, 4.69) is 21.7 Å². The molecule has 0 spiro atoms. The Bertz CT molecular complexity index is 896. The number of ether oxygens (including phenoxy) is 2. The van der Waals surface area contributed by atoms with Crippen LogP contribution in [0.2, 0.25) is 0 Å². The zero-order valence-corrected chi connectivity index (χ0v) is 20.0. The fourth-order valence-electron chi connectivity index (χ4n) is 3.73. The minimum atomic E-state index is -0.00720. The highest BCUT2D eigenvalue weighted by molar-refractivity contribution is 14.0. The van der Waals surface area contributed by atoms with Gasteiger partial charge in [0.1, 0.15) is 17.6 Å². The number of fused-ring (bicyclic) bond motifs is 2. The number of nitrogens with one attached hydrogen (secondary N) is 2. The first-order valence-corrected chi connectivity index (χ1v) is 10.5. The lowest BCUT2D eigenvalue weighted by Gasteiger charge is -2.29. The van der Waals surface area contributed by atoms with Gasteiger partial charge < -0.3 is 25.0 Å². The van der Waals surface area contributed by atoms with Crippen LogP contribution in [0.15, 0.2) is 53.5 Å². The van der Waals surface area contributed by atoms with Gasteiger partial charge in [0.25, 0.3) is 5.91 Å². The van der Waals surface area contributed by atoms with Crippen LogP contribution in [0.5, 0.6) is 11.5 Å². The summed E-state index contributed by atoms with van der Waals surface area (Å²) in [6.45, 7) is 4.87. The molecule has 2 aromatic carbocycles. The molecular weight excluding hydrogens is 507 g/mol. The van der Waals surface area contributed by atoms with Gasteiger partial charge in [-0.1, -0.05) is 30.3 Å². The molecule has 1 amide bonds. The number of halogens is 1. The molecular formula is C23H29IN4O3. The van der Waals surface area contributed by atoms with Gasteiger partial charge in [-0.3, -0.25) is 4.79 Å². The van der Waals surface area contributed by atoms with Crippen LogP contribution in [0.3, 0.4) is 0 Å². The molecule has 0 aliphatic carbocycles. The SMILES string of the molecule is CCNC(=NCC1Cc2ccccc2O1)NCCCN1C(=O)COc2ccccc21.I. The van der Waals surface area contributed by atoms with Crippen LogP contribution in [0.1, 0.15) is 18.9 Å². The van der Waals surface area contributed by atoms with Crippen LogP contribution in [0.25, 0.3) is 0 Å². The van der Waals surface area contributed by atoms with Gasteiger partial charge in [0.15, 0.2) is 12.6 Å². The van der Waals surface area contributed by atoms with Gasteiger partial charge in [-0.25, -0.2) is 4.99 Å². The molecule has 0 radical (unpaired) electrons. The van der Waals surface area contributed by atoms with E-state index in [1.165, 1.54) is 5.56 Å². The third-order valence-electron chi connectivity index (χ3n) is 5.17. The lowest BCUT2D eigenvalue weighted by atomic mass is 10.1. The lowest BCUT2D eigenvalue weighted by molar-refractivity contribution is -0.121. The number of hydrogen-bond acceptors (Lipinski definition) is 4. The molecule has 2 aliphatic rings. The van der Waals surface area contributed by atoms with Gasteiger partial charge in [-0.2, -0.15) is 0 Å². The van der Waals surface area contributed by atoms with Gasteiger partial charge in [0.05, 0.1) is 12.2 Å². The number of anilines is 1. The number of amides is 1. The molecule has 0 aromatic heterocycles. The van der Waals surface area contributed by atoms with Crippen LogP contribution in [-0.2, 0) is 11.2 Å². The standard InChI is InChI=1S/C23H28N4O3.HI/c1-2-24-23(26-15-18-14-17-8-3-5-10-20(17)30-18)25-12-7-13-27-19-9-4-6-11-21(19)29-16-22(27)28;/h3-6,8-11,18H,2,7,12-16H2,1H3,(H2,24,25,26);1H. The Hall–Kier alpha value is -2.49. The van der Waals surface area contributed by atoms with Crippen LogP contribution < -0.4 is 25.0 Å². The second-order valence-corrected chi connectivity index (χ2v) is 7.35. The Morgan fingerprint density at radius 2 is 1.90 bits per heavy atom. The van der Waals surface area contributed by atoms with Crippen molar-refractivity contribution in [3.63, 3.8) is 0 Å². The molecule has 8 heteroatoms. The van der Waals surface area contributed by atoms with Gasteiger partial charge in [0.2, 0.25) is 0 Å². The first-order valence-electron chi connectivity index (χ1n) is 10.5. The third-order valence-corrected chi connectivity index (χ3v) is 5.17. The van der Waals surface area contributed by atoms with E-state index < -0.39 is 0 Å². The van der Waals surface area contributed by atoms with E-state index in [0.717, 1.165) is 42.5 Å². The third kappa shape index (κ3) is 5.81. The number of carbonyl (C=O) groups excluding carboxylic acids is 1. The molecule has 0 saturated carbocycles. The predicted molar refractivity (Wildman–Crippen MR) is 133 cm³/mol. The van der Waals surface area contributed by atoms with E-state index in [-0.39, 0.29) is 42.6 Å². The number of guanidine groups is 1. The number of rotatable bonds is 7. The summed E-state index contributed by atoms with van der Waals surface area (Å²) in [4.78, 5) is 18.7. The quantitative estimate of drug-likeness (QED) is 0.247. The maximum absolute atomic E-state index is 12.3. The highest BCUT2D eigenvalue weighted by atomic mass is 127. The average molecular weight is 536 g/mol. The van der Waals surface area contributed by atoms with E-state index in [1.807, 2.05) is 49.4 Å². The van der Waals surface area contributed by atoms with Gasteiger partial charge >= 0.3 is 0 Å². The Balaban J connectivity index is 0.00000272. The summed E-state index contributed by atoms with van der Waals surface area (Å²) in [5, 5.41) is 6.63. The summed E-state index contributed by atoms with van der Waals surface area (Å²) in [6.07, 6.45) is 1.76. The number of carbonyl (C=O) groups is 1. The van der Waals surface area contributed by atoms with Crippen molar-refractivity contribution in [2.24, 2.45) is 4.99 Å². The fourth-order valence-corrected chi connectivity index (χ4v) is 3.73. The summed E-state index contributed by atoms with van der Waals surface area (Å²) in [5.41, 5.74) is 2.08. The molecule has 1 atom stereocenters. The minimum Gasteiger partial charge on any atom is -0.488 e. The Morgan fingerprint density at radius 3 is 2.71 bits per heavy atom. The summed E-state index contributed by atoms with van der Waals surface area (Å²) < 4.78 is 11.5. The lowest BCUT2D eigenvalue weighted by Crippen LogP contribution is -2.42. The molecule has 1 unspecified atom stereocenters. The van der Waals surface area contributed by atoms with E-state index >= 15 is 0 Å². The van der Waals surface area contributed by atoms with Crippen LogP contribution in [0, 0.1) is 0 Å². The zero-order valence-electron chi connectivity index (χ0n) is 17.7. The molecule has 166 valence electrons. The van der Waals surface area contributed by atoms with Crippen molar-refractivity contribution in [2.75, 3.05) is 37.7 Å². The number of benzene rings is 2. The fraction of sp³-hybridized carbons (Fsp3) is 0.391. The molecule has 2 aliphatic heterocycles. The predicted octanol–water partition coefficient (Wildman–Crippen LogP) is 2.98. The molecule has 7 nitrogen and oxygen atoms in total. The van der Waals surface area contributed by atoms with Crippen molar-refractivity contribution in [3.8, 4) is 11.5 Å². The molecule has 2 heterocycles. The molecule has 31 heavy (non-hydrogen) atoms. The highest BCUT2D eigenvalue weighted by Crippen LogP contribution is 2.31. The number of para-hydroxylation sites is 3. The van der Waals surface area contributed by atoms with E-state index in [4.69, 9.17) is 9.47 Å². The Labute approximate surface area is 200 Å². The smallest absolute Gasteiger partial charge is 0.265 e. The normalized spacial score (nSPS) is 17.1. The molecule has 0 saturated heterocycles. The Morgan fingerprint density at radius 1 is 1.13 bits per heavy atom. The molecule has 2 N–H and O–H groups in total. The highest BCUT2D eigenvalue weighted by Gasteiger charge is 2.24. The van der Waals surface area contributed by atoms with Gasteiger partial charge in [-0.05, 0) is 37.1 Å². The minimum absolute atomic E-state index is 0. The average Bonchev–Trinajstić information content (AvgIpc) is 3.19. The summed E-state index contributed by atoms with van der Waals surface area (Å²) in [6, 6.07) is 15.8. The number of hydrogen-bond donors (Lipinski definition) is 2. The van der Waals surface area contributed by atoms with Crippen molar-refractivity contribution < 1.29 is 14.3 Å². The summed E-state index contributed by atoms with van der Waals surface area (Å²) in [7, 11) is 0. The first kappa shape index (κ1) is 23.2. The largest absolute Gasteiger partial charge is 0.488 e. The molecule has 2 aromatic rings. The second-order valence-electron chi connectivity index (χ2n) is 7.35. The summed E-state index contributed by atoms with van der Waals surface area (Å²) >= 11 is 0. The topological polar surface area (TPSA) is 75.2 Å². The van der Waals surface area contributed by atoms with E-state index in [1.54, 1.807) is 4.90 Å². The van der Waals surface area contributed by atoms with E-state index in [0.29, 0.717) is 19.6 Å². The molecule has 4 rings (SSSR count). The van der Waals surface area contributed by atoms with Gasteiger partial charge in [-0.15, -0.1) is 24.0 Å². The maximum atomic E-state index is 12.3. The van der Waals surface area contributed by atoms with Crippen LogP contribution in [-0.4, -0.2) is 50.8 Å². The summed E-state index contributed by atoms with van der Waals surface area (Å²) in [5.74, 6) is 2.49. The van der Waals surface area contributed by atoms with Crippen LogP contribution in [0.4, 0.5) is 5.69 Å². The number of aliphatic imine (C=N–C) groups is 1.